The van der Waals surface area contributed by atoms with Crippen LogP contribution in [0, 0.1) is 0 Å². The Hall–Kier alpha value is -3.43. The van der Waals surface area contributed by atoms with Crippen molar-refractivity contribution < 1.29 is 41.3 Å². The second-order valence-corrected chi connectivity index (χ2v) is 5.38. The van der Waals surface area contributed by atoms with Gasteiger partial charge in [0.15, 0.2) is 0 Å². The molecule has 1 amide bonds. The minimum absolute atomic E-state index is 0.0605. The normalized spacial score (nSPS) is 11.0. The average molecular weight is 415 g/mol. The highest BCUT2D eigenvalue weighted by Gasteiger charge is 2.12. The topological polar surface area (TPSA) is 66.0 Å². The summed E-state index contributed by atoms with van der Waals surface area (Å²) >= 11 is 0. The van der Waals surface area contributed by atoms with Gasteiger partial charge in [0, 0.05) is 41.6 Å². The first-order chi connectivity index (χ1) is 13.8. The van der Waals surface area contributed by atoms with Gasteiger partial charge in [0.2, 0.25) is 5.91 Å². The van der Waals surface area contributed by atoms with Crippen LogP contribution in [-0.2, 0) is 4.79 Å². The molecule has 1 N–H and O–H groups in total. The van der Waals surface area contributed by atoms with Crippen molar-refractivity contribution in [2.75, 3.05) is 19.5 Å². The van der Waals surface area contributed by atoms with E-state index in [4.69, 9.17) is 9.47 Å². The lowest BCUT2D eigenvalue weighted by Gasteiger charge is -2.11. The smallest absolute Gasteiger partial charge is 0.387 e. The lowest BCUT2D eigenvalue weighted by molar-refractivity contribution is -0.111. The fraction of sp³-hybridized carbons (Fsp3) is 0.211. The van der Waals surface area contributed by atoms with E-state index < -0.39 is 24.9 Å². The van der Waals surface area contributed by atoms with Gasteiger partial charge in [-0.1, -0.05) is 0 Å². The molecular weight excluding hydrogens is 398 g/mol. The molecule has 0 saturated carbocycles. The van der Waals surface area contributed by atoms with Crippen LogP contribution in [0.4, 0.5) is 23.2 Å². The minimum Gasteiger partial charge on any atom is -0.497 e. The largest absolute Gasteiger partial charge is 0.497 e. The monoisotopic (exact) mass is 415 g/mol. The third-order valence-corrected chi connectivity index (χ3v) is 3.46. The fourth-order valence-electron chi connectivity index (χ4n) is 2.26. The van der Waals surface area contributed by atoms with Crippen molar-refractivity contribution in [3.8, 4) is 23.0 Å². The van der Waals surface area contributed by atoms with Gasteiger partial charge < -0.3 is 24.3 Å². The molecule has 29 heavy (non-hydrogen) atoms. The lowest BCUT2D eigenvalue weighted by Crippen LogP contribution is -2.08. The highest BCUT2D eigenvalue weighted by atomic mass is 19.3. The number of benzene rings is 2. The van der Waals surface area contributed by atoms with Crippen molar-refractivity contribution in [1.29, 1.82) is 0 Å². The zero-order valence-electron chi connectivity index (χ0n) is 15.3. The molecule has 0 heterocycles. The Bertz CT molecular complexity index is 851. The van der Waals surface area contributed by atoms with E-state index in [1.54, 1.807) is 18.2 Å². The maximum absolute atomic E-state index is 12.6. The highest BCUT2D eigenvalue weighted by molar-refractivity contribution is 6.02. The number of carbonyl (C=O) groups excluding carboxylic acids is 1. The van der Waals surface area contributed by atoms with E-state index in [-0.39, 0.29) is 11.3 Å². The summed E-state index contributed by atoms with van der Waals surface area (Å²) in [6.45, 7) is -6.32. The molecule has 2 rings (SSSR count). The van der Waals surface area contributed by atoms with Gasteiger partial charge in [0.05, 0.1) is 14.2 Å². The highest BCUT2D eigenvalue weighted by Crippen LogP contribution is 2.29. The molecule has 0 fully saturated rings. The molecule has 0 radical (unpaired) electrons. The van der Waals surface area contributed by atoms with Crippen molar-refractivity contribution in [3.05, 3.63) is 48.0 Å². The summed E-state index contributed by atoms with van der Waals surface area (Å²) in [4.78, 5) is 12.1. The summed E-state index contributed by atoms with van der Waals surface area (Å²) < 4.78 is 68.4. The van der Waals surface area contributed by atoms with Crippen LogP contribution in [0.5, 0.6) is 23.0 Å². The number of methoxy groups -OCH3 is 2. The standard InChI is InChI=1S/C19H17F4NO5/c1-26-14-7-12(8-15(9-14)27-2)24-17(25)6-4-11-3-5-13(28-18(20)21)10-16(11)29-19(22)23/h3-10,18-19H,1-2H3,(H,24,25)/b6-4+. The molecule has 0 atom stereocenters. The summed E-state index contributed by atoms with van der Waals surface area (Å²) in [6.07, 6.45) is 2.25. The van der Waals surface area contributed by atoms with Crippen LogP contribution in [0.15, 0.2) is 42.5 Å². The number of amides is 1. The SMILES string of the molecule is COc1cc(NC(=O)/C=C/c2ccc(OC(F)F)cc2OC(F)F)cc(OC)c1. The average Bonchev–Trinajstić information content (AvgIpc) is 2.66. The van der Waals surface area contributed by atoms with Crippen molar-refractivity contribution in [2.24, 2.45) is 0 Å². The Kier molecular flexibility index (Phi) is 7.70. The molecule has 0 spiro atoms. The number of ether oxygens (including phenoxy) is 4. The first-order valence-electron chi connectivity index (χ1n) is 8.06. The van der Waals surface area contributed by atoms with E-state index >= 15 is 0 Å². The number of alkyl halides is 4. The van der Waals surface area contributed by atoms with Crippen LogP contribution < -0.4 is 24.3 Å². The van der Waals surface area contributed by atoms with Gasteiger partial charge in [-0.05, 0) is 18.2 Å². The van der Waals surface area contributed by atoms with E-state index in [2.05, 4.69) is 14.8 Å². The molecule has 0 unspecified atom stereocenters. The summed E-state index contributed by atoms with van der Waals surface area (Å²) in [5, 5.41) is 2.56. The van der Waals surface area contributed by atoms with Gasteiger partial charge in [0.1, 0.15) is 23.0 Å². The quantitative estimate of drug-likeness (QED) is 0.481. The maximum Gasteiger partial charge on any atom is 0.387 e. The second-order valence-electron chi connectivity index (χ2n) is 5.38. The number of halogens is 4. The van der Waals surface area contributed by atoms with Crippen LogP contribution in [0.2, 0.25) is 0 Å². The lowest BCUT2D eigenvalue weighted by atomic mass is 10.1. The number of anilines is 1. The Morgan fingerprint density at radius 2 is 1.52 bits per heavy atom. The van der Waals surface area contributed by atoms with Gasteiger partial charge in [-0.2, -0.15) is 17.6 Å². The Morgan fingerprint density at radius 1 is 0.897 bits per heavy atom. The van der Waals surface area contributed by atoms with Crippen molar-refractivity contribution in [2.45, 2.75) is 13.2 Å². The molecule has 6 nitrogen and oxygen atoms in total. The van der Waals surface area contributed by atoms with Gasteiger partial charge in [-0.3, -0.25) is 4.79 Å². The first-order valence-corrected chi connectivity index (χ1v) is 8.06. The molecule has 0 bridgehead atoms. The van der Waals surface area contributed by atoms with Crippen LogP contribution in [0.1, 0.15) is 5.56 Å². The van der Waals surface area contributed by atoms with Crippen LogP contribution in [0.3, 0.4) is 0 Å². The summed E-state index contributed by atoms with van der Waals surface area (Å²) in [5.41, 5.74) is 0.436. The number of nitrogens with one attached hydrogen (secondary N) is 1. The van der Waals surface area contributed by atoms with E-state index in [9.17, 15) is 22.4 Å². The summed E-state index contributed by atoms with van der Waals surface area (Å²) in [6, 6.07) is 7.93. The zero-order chi connectivity index (χ0) is 21.4. The summed E-state index contributed by atoms with van der Waals surface area (Å²) in [7, 11) is 2.90. The maximum atomic E-state index is 12.6. The zero-order valence-corrected chi connectivity index (χ0v) is 15.3. The summed E-state index contributed by atoms with van der Waals surface area (Å²) in [5.74, 6) is -0.473. The minimum atomic E-state index is -3.19. The van der Waals surface area contributed by atoms with Crippen LogP contribution in [-0.4, -0.2) is 33.3 Å². The Morgan fingerprint density at radius 3 is 2.07 bits per heavy atom. The third-order valence-electron chi connectivity index (χ3n) is 3.46. The predicted molar refractivity (Wildman–Crippen MR) is 96.9 cm³/mol. The number of hydrogen-bond acceptors (Lipinski definition) is 5. The van der Waals surface area contributed by atoms with Crippen molar-refractivity contribution in [1.82, 2.24) is 0 Å². The van der Waals surface area contributed by atoms with Crippen LogP contribution in [0.25, 0.3) is 6.08 Å². The number of rotatable bonds is 9. The molecule has 0 aliphatic rings. The van der Waals surface area contributed by atoms with Gasteiger partial charge >= 0.3 is 13.2 Å². The van der Waals surface area contributed by atoms with E-state index in [1.165, 1.54) is 26.4 Å². The van der Waals surface area contributed by atoms with Crippen molar-refractivity contribution in [3.63, 3.8) is 0 Å². The molecular formula is C19H17F4NO5. The molecule has 10 heteroatoms. The number of carbonyl (C=O) groups is 1. The molecule has 0 aromatic heterocycles. The first kappa shape index (κ1) is 21.9. The van der Waals surface area contributed by atoms with Gasteiger partial charge in [0.25, 0.3) is 0 Å². The molecule has 0 aliphatic carbocycles. The number of hydrogen-bond donors (Lipinski definition) is 1. The van der Waals surface area contributed by atoms with E-state index in [0.29, 0.717) is 17.2 Å². The third kappa shape index (κ3) is 6.91. The second kappa shape index (κ2) is 10.2. The molecule has 2 aromatic rings. The Balaban J connectivity index is 2.18. The molecule has 0 aliphatic heterocycles. The van der Waals surface area contributed by atoms with Gasteiger partial charge in [-0.15, -0.1) is 0 Å². The molecule has 0 saturated heterocycles. The van der Waals surface area contributed by atoms with E-state index in [1.807, 2.05) is 0 Å². The molecule has 156 valence electrons. The van der Waals surface area contributed by atoms with Gasteiger partial charge in [-0.25, -0.2) is 0 Å². The fourth-order valence-corrected chi connectivity index (χ4v) is 2.26. The van der Waals surface area contributed by atoms with E-state index in [0.717, 1.165) is 18.2 Å². The molecule has 2 aromatic carbocycles. The Labute approximate surface area is 163 Å². The van der Waals surface area contributed by atoms with Crippen LogP contribution >= 0.6 is 0 Å². The van der Waals surface area contributed by atoms with Crippen molar-refractivity contribution >= 4 is 17.7 Å². The predicted octanol–water partition coefficient (Wildman–Crippen LogP) is 4.56.